The maximum absolute atomic E-state index is 6.93. The predicted octanol–water partition coefficient (Wildman–Crippen LogP) is 4.31. The van der Waals surface area contributed by atoms with Crippen molar-refractivity contribution in [2.75, 3.05) is 44.2 Å². The zero-order chi connectivity index (χ0) is 27.1. The molecular formula is C30H35ClN8O. The highest BCUT2D eigenvalue weighted by Crippen LogP contribution is 2.43. The molecule has 0 radical (unpaired) electrons. The molecule has 3 fully saturated rings. The van der Waals surface area contributed by atoms with Gasteiger partial charge in [-0.15, -0.1) is 0 Å². The topological polar surface area (TPSA) is 84.2 Å². The minimum Gasteiger partial charge on any atom is -0.492 e. The number of pyridine rings is 1. The summed E-state index contributed by atoms with van der Waals surface area (Å²) in [5.74, 6) is 2.47. The van der Waals surface area contributed by atoms with Gasteiger partial charge in [0.15, 0.2) is 17.0 Å². The molecule has 3 aromatic heterocycles. The summed E-state index contributed by atoms with van der Waals surface area (Å²) in [6.07, 6.45) is 8.42. The Hall–Kier alpha value is -3.27. The summed E-state index contributed by atoms with van der Waals surface area (Å²) >= 11 is 6.93. The number of hydrogen-bond acceptors (Lipinski definition) is 8. The van der Waals surface area contributed by atoms with Gasteiger partial charge in [0.25, 0.3) is 0 Å². The van der Waals surface area contributed by atoms with Gasteiger partial charge in [-0.25, -0.2) is 15.0 Å². The molecule has 3 saturated heterocycles. The number of nitrogens with one attached hydrogen (secondary N) is 1. The molecule has 0 saturated carbocycles. The fourth-order valence-corrected chi connectivity index (χ4v) is 6.82. The molecule has 1 aromatic carbocycles. The molecule has 3 aliphatic heterocycles. The van der Waals surface area contributed by atoms with E-state index in [1.54, 1.807) is 6.33 Å². The number of aryl methyl sites for hydroxylation is 1. The van der Waals surface area contributed by atoms with Crippen LogP contribution < -0.4 is 15.0 Å². The number of aromatic nitrogens is 5. The van der Waals surface area contributed by atoms with Crippen molar-refractivity contribution in [1.29, 1.82) is 0 Å². The van der Waals surface area contributed by atoms with E-state index >= 15 is 0 Å². The highest BCUT2D eigenvalue weighted by atomic mass is 35.5. The lowest BCUT2D eigenvalue weighted by Gasteiger charge is -2.26. The second-order valence-electron chi connectivity index (χ2n) is 11.2. The van der Waals surface area contributed by atoms with Crippen LogP contribution in [-0.4, -0.2) is 80.8 Å². The first-order valence-electron chi connectivity index (χ1n) is 14.4. The minimum absolute atomic E-state index is 0.538. The molecule has 0 spiro atoms. The third-order valence-electron chi connectivity index (χ3n) is 8.57. The maximum atomic E-state index is 6.93. The van der Waals surface area contributed by atoms with Crippen molar-refractivity contribution in [3.8, 4) is 17.1 Å². The molecule has 3 aliphatic rings. The van der Waals surface area contributed by atoms with E-state index in [-0.39, 0.29) is 0 Å². The number of piperazine rings is 1. The smallest absolute Gasteiger partial charge is 0.166 e. The fraction of sp³-hybridized carbons (Fsp3) is 0.467. The lowest BCUT2D eigenvalue weighted by Crippen LogP contribution is -2.44. The Morgan fingerprint density at radius 2 is 1.80 bits per heavy atom. The van der Waals surface area contributed by atoms with E-state index in [0.717, 1.165) is 72.5 Å². The summed E-state index contributed by atoms with van der Waals surface area (Å²) in [7, 11) is 0. The molecule has 0 atom stereocenters. The van der Waals surface area contributed by atoms with E-state index in [0.29, 0.717) is 30.3 Å². The van der Waals surface area contributed by atoms with E-state index in [1.807, 2.05) is 30.5 Å². The molecule has 0 aliphatic carbocycles. The molecule has 40 heavy (non-hydrogen) atoms. The van der Waals surface area contributed by atoms with Gasteiger partial charge in [0.05, 0.1) is 17.3 Å². The Morgan fingerprint density at radius 3 is 2.55 bits per heavy atom. The molecule has 4 aromatic rings. The molecule has 0 amide bonds. The molecule has 9 nitrogen and oxygen atoms in total. The molecule has 0 unspecified atom stereocenters. The first kappa shape index (κ1) is 25.7. The number of fused-ring (bicyclic) bond motifs is 3. The highest BCUT2D eigenvalue weighted by Gasteiger charge is 2.41. The average Bonchev–Trinajstić information content (AvgIpc) is 3.67. The van der Waals surface area contributed by atoms with Gasteiger partial charge in [0, 0.05) is 56.6 Å². The van der Waals surface area contributed by atoms with E-state index in [2.05, 4.69) is 37.7 Å². The molecule has 7 rings (SSSR count). The predicted molar refractivity (Wildman–Crippen MR) is 157 cm³/mol. The Kier molecular flexibility index (Phi) is 7.03. The van der Waals surface area contributed by atoms with Gasteiger partial charge in [-0.2, -0.15) is 0 Å². The molecule has 208 valence electrons. The van der Waals surface area contributed by atoms with Gasteiger partial charge in [-0.3, -0.25) is 9.88 Å². The second kappa shape index (κ2) is 11.0. The molecule has 2 bridgehead atoms. The van der Waals surface area contributed by atoms with Gasteiger partial charge in [-0.1, -0.05) is 11.6 Å². The molecule has 6 heterocycles. The number of hydrogen-bond donors (Lipinski definition) is 1. The van der Waals surface area contributed by atoms with Crippen LogP contribution in [0.1, 0.15) is 36.9 Å². The third-order valence-corrected chi connectivity index (χ3v) is 8.88. The van der Waals surface area contributed by atoms with E-state index in [9.17, 15) is 0 Å². The minimum atomic E-state index is 0.538. The van der Waals surface area contributed by atoms with Crippen LogP contribution in [-0.2, 0) is 6.54 Å². The fourth-order valence-electron chi connectivity index (χ4n) is 6.57. The zero-order valence-corrected chi connectivity index (χ0v) is 23.6. The van der Waals surface area contributed by atoms with E-state index in [1.165, 1.54) is 31.2 Å². The van der Waals surface area contributed by atoms with Crippen molar-refractivity contribution < 1.29 is 4.74 Å². The zero-order valence-electron chi connectivity index (χ0n) is 22.9. The summed E-state index contributed by atoms with van der Waals surface area (Å²) < 4.78 is 8.21. The SMILES string of the molecule is Cc1ccnc(Cn2c(-c3ccc(OCCN4CCNCC4)cc3Cl)nc3c(N4C5CCC4CC5)ncnc32)c1. The Labute approximate surface area is 239 Å². The van der Waals surface area contributed by atoms with Crippen molar-refractivity contribution in [2.24, 2.45) is 0 Å². The van der Waals surface area contributed by atoms with Crippen LogP contribution in [0, 0.1) is 6.92 Å². The number of ether oxygens (including phenoxy) is 1. The summed E-state index contributed by atoms with van der Waals surface area (Å²) in [4.78, 5) is 24.2. The van der Waals surface area contributed by atoms with E-state index < -0.39 is 0 Å². The van der Waals surface area contributed by atoms with Gasteiger partial charge >= 0.3 is 0 Å². The van der Waals surface area contributed by atoms with Crippen LogP contribution in [0.25, 0.3) is 22.6 Å². The van der Waals surface area contributed by atoms with Crippen LogP contribution >= 0.6 is 11.6 Å². The lowest BCUT2D eigenvalue weighted by molar-refractivity contribution is 0.191. The standard InChI is InChI=1S/C30H35ClN8O/c1-20-8-9-33-21(16-20)18-38-28(25-7-6-24(17-26(25)31)40-15-14-37-12-10-32-11-13-37)36-27-29(38)34-19-35-30(27)39-22-2-3-23(39)5-4-22/h6-9,16-17,19,22-23,32H,2-5,10-15,18H2,1H3. The Bertz CT molecular complexity index is 1500. The van der Waals surface area contributed by atoms with Crippen LogP contribution in [0.4, 0.5) is 5.82 Å². The van der Waals surface area contributed by atoms with E-state index in [4.69, 9.17) is 31.3 Å². The van der Waals surface area contributed by atoms with Crippen LogP contribution in [0.3, 0.4) is 0 Å². The number of anilines is 1. The monoisotopic (exact) mass is 558 g/mol. The number of nitrogens with zero attached hydrogens (tertiary/aromatic N) is 7. The van der Waals surface area contributed by atoms with Crippen LogP contribution in [0.2, 0.25) is 5.02 Å². The van der Waals surface area contributed by atoms with Gasteiger partial charge in [0.2, 0.25) is 0 Å². The van der Waals surface area contributed by atoms with Crippen molar-refractivity contribution >= 4 is 28.6 Å². The first-order valence-corrected chi connectivity index (χ1v) is 14.8. The number of halogens is 1. The summed E-state index contributed by atoms with van der Waals surface area (Å²) in [5, 5.41) is 3.99. The normalized spacial score (nSPS) is 21.0. The Morgan fingerprint density at radius 1 is 1.00 bits per heavy atom. The second-order valence-corrected chi connectivity index (χ2v) is 11.6. The van der Waals surface area contributed by atoms with Crippen molar-refractivity contribution in [1.82, 2.24) is 34.7 Å². The summed E-state index contributed by atoms with van der Waals surface area (Å²) in [6.45, 7) is 8.33. The third kappa shape index (κ3) is 4.91. The van der Waals surface area contributed by atoms with Gasteiger partial charge in [-0.05, 0) is 68.5 Å². The lowest BCUT2D eigenvalue weighted by atomic mass is 10.0. The van der Waals surface area contributed by atoms with Crippen molar-refractivity contribution in [2.45, 2.75) is 51.2 Å². The van der Waals surface area contributed by atoms with Gasteiger partial charge in [0.1, 0.15) is 24.5 Å². The number of benzene rings is 1. The van der Waals surface area contributed by atoms with Crippen LogP contribution in [0.15, 0.2) is 42.9 Å². The molecular weight excluding hydrogens is 524 g/mol. The summed E-state index contributed by atoms with van der Waals surface area (Å²) in [6, 6.07) is 11.1. The quantitative estimate of drug-likeness (QED) is 0.342. The number of imidazole rings is 1. The highest BCUT2D eigenvalue weighted by molar-refractivity contribution is 6.33. The maximum Gasteiger partial charge on any atom is 0.166 e. The van der Waals surface area contributed by atoms with Crippen molar-refractivity contribution in [3.05, 3.63) is 59.1 Å². The largest absolute Gasteiger partial charge is 0.492 e. The first-order chi connectivity index (χ1) is 19.6. The average molecular weight is 559 g/mol. The summed E-state index contributed by atoms with van der Waals surface area (Å²) in [5.41, 5.74) is 4.60. The molecule has 10 heteroatoms. The number of rotatable bonds is 8. The van der Waals surface area contributed by atoms with Crippen molar-refractivity contribution in [3.63, 3.8) is 0 Å². The van der Waals surface area contributed by atoms with Crippen LogP contribution in [0.5, 0.6) is 5.75 Å². The Balaban J connectivity index is 1.24. The van der Waals surface area contributed by atoms with Gasteiger partial charge < -0.3 is 19.5 Å². The molecule has 1 N–H and O–H groups in total.